The van der Waals surface area contributed by atoms with E-state index in [-0.39, 0.29) is 0 Å². The standard InChI is InChI=1S/C13H16BrN3/c1-3-4-7-17(2)12-5-6-15-11-8-10(14)9-16-13(11)12/h5-6,8-9H,3-4,7H2,1-2H3. The summed E-state index contributed by atoms with van der Waals surface area (Å²) in [6, 6.07) is 4.03. The van der Waals surface area contributed by atoms with Crippen LogP contribution in [0.1, 0.15) is 19.8 Å². The number of unbranched alkanes of at least 4 members (excludes halogenated alkanes) is 1. The quantitative estimate of drug-likeness (QED) is 0.862. The summed E-state index contributed by atoms with van der Waals surface area (Å²) < 4.78 is 0.964. The normalized spacial score (nSPS) is 10.8. The molecule has 0 N–H and O–H groups in total. The lowest BCUT2D eigenvalue weighted by Crippen LogP contribution is -2.18. The van der Waals surface area contributed by atoms with E-state index >= 15 is 0 Å². The third-order valence-electron chi connectivity index (χ3n) is 2.78. The molecule has 0 aromatic carbocycles. The van der Waals surface area contributed by atoms with Gasteiger partial charge in [-0.05, 0) is 34.5 Å². The molecule has 0 aliphatic rings. The van der Waals surface area contributed by atoms with Gasteiger partial charge in [0.25, 0.3) is 0 Å². The van der Waals surface area contributed by atoms with Gasteiger partial charge in [-0.15, -0.1) is 0 Å². The molecule has 0 amide bonds. The van der Waals surface area contributed by atoms with Crippen LogP contribution in [0.15, 0.2) is 29.0 Å². The van der Waals surface area contributed by atoms with Crippen molar-refractivity contribution in [1.29, 1.82) is 0 Å². The van der Waals surface area contributed by atoms with Crippen LogP contribution in [0.25, 0.3) is 11.0 Å². The Labute approximate surface area is 110 Å². The first-order valence-corrected chi connectivity index (χ1v) is 6.63. The fourth-order valence-corrected chi connectivity index (χ4v) is 2.13. The van der Waals surface area contributed by atoms with Crippen molar-refractivity contribution in [3.05, 3.63) is 29.0 Å². The van der Waals surface area contributed by atoms with Crippen LogP contribution in [0.2, 0.25) is 0 Å². The Morgan fingerprint density at radius 3 is 2.94 bits per heavy atom. The van der Waals surface area contributed by atoms with Gasteiger partial charge < -0.3 is 4.90 Å². The van der Waals surface area contributed by atoms with E-state index in [0.717, 1.165) is 27.7 Å². The summed E-state index contributed by atoms with van der Waals surface area (Å²) in [5.74, 6) is 0. The lowest BCUT2D eigenvalue weighted by Gasteiger charge is -2.19. The molecule has 0 radical (unpaired) electrons. The predicted molar refractivity (Wildman–Crippen MR) is 75.4 cm³/mol. The molecule has 0 saturated carbocycles. The number of rotatable bonds is 4. The van der Waals surface area contributed by atoms with Crippen molar-refractivity contribution in [2.75, 3.05) is 18.5 Å². The zero-order valence-electron chi connectivity index (χ0n) is 10.2. The van der Waals surface area contributed by atoms with Crippen LogP contribution in [0.5, 0.6) is 0 Å². The highest BCUT2D eigenvalue weighted by atomic mass is 79.9. The summed E-state index contributed by atoms with van der Waals surface area (Å²) in [7, 11) is 2.11. The fraction of sp³-hybridized carbons (Fsp3) is 0.385. The average molecular weight is 294 g/mol. The summed E-state index contributed by atoms with van der Waals surface area (Å²) in [4.78, 5) is 11.0. The second-order valence-corrected chi connectivity index (χ2v) is 5.04. The van der Waals surface area contributed by atoms with Gasteiger partial charge in [0.2, 0.25) is 0 Å². The maximum atomic E-state index is 4.46. The molecule has 0 saturated heterocycles. The molecule has 4 heteroatoms. The first-order valence-electron chi connectivity index (χ1n) is 5.83. The molecule has 0 fully saturated rings. The minimum atomic E-state index is 0.931. The van der Waals surface area contributed by atoms with Gasteiger partial charge in [-0.2, -0.15) is 0 Å². The molecule has 90 valence electrons. The Bertz CT molecular complexity index is 513. The fourth-order valence-electron chi connectivity index (χ4n) is 1.82. The molecule has 2 heterocycles. The average Bonchev–Trinajstić information content (AvgIpc) is 2.34. The first kappa shape index (κ1) is 12.3. The Morgan fingerprint density at radius 1 is 1.35 bits per heavy atom. The van der Waals surface area contributed by atoms with Crippen molar-refractivity contribution in [3.8, 4) is 0 Å². The van der Waals surface area contributed by atoms with Crippen molar-refractivity contribution in [2.45, 2.75) is 19.8 Å². The van der Waals surface area contributed by atoms with E-state index in [1.165, 1.54) is 12.8 Å². The third-order valence-corrected chi connectivity index (χ3v) is 3.21. The van der Waals surface area contributed by atoms with Crippen LogP contribution in [0, 0.1) is 0 Å². The van der Waals surface area contributed by atoms with E-state index in [0.29, 0.717) is 0 Å². The Kier molecular flexibility index (Phi) is 3.94. The van der Waals surface area contributed by atoms with Crippen molar-refractivity contribution in [2.24, 2.45) is 0 Å². The topological polar surface area (TPSA) is 29.0 Å². The van der Waals surface area contributed by atoms with E-state index in [1.54, 1.807) is 0 Å². The smallest absolute Gasteiger partial charge is 0.112 e. The van der Waals surface area contributed by atoms with Crippen LogP contribution in [0.3, 0.4) is 0 Å². The van der Waals surface area contributed by atoms with Gasteiger partial charge in [0.05, 0.1) is 11.2 Å². The van der Waals surface area contributed by atoms with Crippen LogP contribution < -0.4 is 4.90 Å². The van der Waals surface area contributed by atoms with Gasteiger partial charge in [-0.3, -0.25) is 9.97 Å². The summed E-state index contributed by atoms with van der Waals surface area (Å²) >= 11 is 3.42. The Morgan fingerprint density at radius 2 is 2.18 bits per heavy atom. The molecule has 17 heavy (non-hydrogen) atoms. The van der Waals surface area contributed by atoms with Gasteiger partial charge in [-0.25, -0.2) is 0 Å². The predicted octanol–water partition coefficient (Wildman–Crippen LogP) is 3.63. The highest BCUT2D eigenvalue weighted by Gasteiger charge is 2.07. The van der Waals surface area contributed by atoms with E-state index in [2.05, 4.69) is 44.8 Å². The molecule has 0 aliphatic carbocycles. The van der Waals surface area contributed by atoms with Crippen molar-refractivity contribution >= 4 is 32.7 Å². The molecule has 3 nitrogen and oxygen atoms in total. The number of anilines is 1. The molecule has 2 aromatic rings. The maximum Gasteiger partial charge on any atom is 0.112 e. The molecular formula is C13H16BrN3. The molecule has 0 unspecified atom stereocenters. The van der Waals surface area contributed by atoms with E-state index in [4.69, 9.17) is 0 Å². The second-order valence-electron chi connectivity index (χ2n) is 4.13. The van der Waals surface area contributed by atoms with Crippen LogP contribution >= 0.6 is 15.9 Å². The first-order chi connectivity index (χ1) is 8.22. The maximum absolute atomic E-state index is 4.46. The number of halogens is 1. The van der Waals surface area contributed by atoms with Gasteiger partial charge in [-0.1, -0.05) is 13.3 Å². The largest absolute Gasteiger partial charge is 0.373 e. The second kappa shape index (κ2) is 5.45. The molecule has 0 spiro atoms. The SMILES string of the molecule is CCCCN(C)c1ccnc2cc(Br)cnc12. The third kappa shape index (κ3) is 2.75. The number of hydrogen-bond acceptors (Lipinski definition) is 3. The summed E-state index contributed by atoms with van der Waals surface area (Å²) in [5, 5.41) is 0. The lowest BCUT2D eigenvalue weighted by atomic mass is 10.2. The van der Waals surface area contributed by atoms with Gasteiger partial charge in [0.15, 0.2) is 0 Å². The van der Waals surface area contributed by atoms with E-state index in [1.807, 2.05) is 24.5 Å². The summed E-state index contributed by atoms with van der Waals surface area (Å²) in [5.41, 5.74) is 3.05. The lowest BCUT2D eigenvalue weighted by molar-refractivity contribution is 0.767. The molecule has 0 aliphatic heterocycles. The highest BCUT2D eigenvalue weighted by molar-refractivity contribution is 9.10. The summed E-state index contributed by atoms with van der Waals surface area (Å²) in [6.07, 6.45) is 6.05. The molecule has 0 bridgehead atoms. The number of nitrogens with zero attached hydrogens (tertiary/aromatic N) is 3. The monoisotopic (exact) mass is 293 g/mol. The van der Waals surface area contributed by atoms with Gasteiger partial charge in [0.1, 0.15) is 5.52 Å². The minimum Gasteiger partial charge on any atom is -0.373 e. The zero-order valence-corrected chi connectivity index (χ0v) is 11.7. The van der Waals surface area contributed by atoms with Crippen LogP contribution in [-0.4, -0.2) is 23.6 Å². The number of hydrogen-bond donors (Lipinski definition) is 0. The minimum absolute atomic E-state index is 0.931. The number of pyridine rings is 2. The molecular weight excluding hydrogens is 278 g/mol. The Balaban J connectivity index is 2.40. The van der Waals surface area contributed by atoms with Crippen molar-refractivity contribution in [1.82, 2.24) is 9.97 Å². The van der Waals surface area contributed by atoms with Crippen molar-refractivity contribution in [3.63, 3.8) is 0 Å². The molecule has 2 rings (SSSR count). The van der Waals surface area contributed by atoms with E-state index in [9.17, 15) is 0 Å². The number of aromatic nitrogens is 2. The summed E-state index contributed by atoms with van der Waals surface area (Å²) in [6.45, 7) is 3.25. The molecule has 0 atom stereocenters. The van der Waals surface area contributed by atoms with E-state index < -0.39 is 0 Å². The van der Waals surface area contributed by atoms with Crippen LogP contribution in [-0.2, 0) is 0 Å². The zero-order chi connectivity index (χ0) is 12.3. The van der Waals surface area contributed by atoms with Gasteiger partial charge >= 0.3 is 0 Å². The highest BCUT2D eigenvalue weighted by Crippen LogP contribution is 2.24. The van der Waals surface area contributed by atoms with Crippen LogP contribution in [0.4, 0.5) is 5.69 Å². The number of fused-ring (bicyclic) bond motifs is 1. The van der Waals surface area contributed by atoms with Gasteiger partial charge in [0, 0.05) is 30.5 Å². The molecule has 2 aromatic heterocycles. The Hall–Kier alpha value is -1.16. The van der Waals surface area contributed by atoms with Crippen molar-refractivity contribution < 1.29 is 0 Å².